The number of nitrogens with one attached hydrogen (secondary N) is 1. The molecule has 2 nitrogen and oxygen atoms in total. The maximum atomic E-state index is 12.1. The zero-order valence-electron chi connectivity index (χ0n) is 9.35. The number of rotatable bonds is 1. The Hall–Kier alpha value is -1.52. The average Bonchev–Trinajstić information content (AvgIpc) is 2.30. The molecule has 1 rings (SSSR count). The minimum absolute atomic E-state index is 0.209. The van der Waals surface area contributed by atoms with Crippen molar-refractivity contribution < 1.29 is 18.0 Å². The fraction of sp³-hybridized carbons (Fsp3) is 0.364. The van der Waals surface area contributed by atoms with Gasteiger partial charge in [-0.15, -0.1) is 0 Å². The van der Waals surface area contributed by atoms with E-state index in [0.717, 1.165) is 24.3 Å². The summed E-state index contributed by atoms with van der Waals surface area (Å²) in [6, 6.07) is 4.04. The second kappa shape index (κ2) is 6.15. The number of carbonyl (C=O) groups is 1. The molecule has 1 N–H and O–H groups in total. The van der Waals surface area contributed by atoms with Gasteiger partial charge < -0.3 is 5.32 Å². The van der Waals surface area contributed by atoms with Crippen molar-refractivity contribution in [2.24, 2.45) is 0 Å². The monoisotopic (exact) mass is 233 g/mol. The molecule has 90 valence electrons. The number of hydrogen-bond acceptors (Lipinski definition) is 1. The molecule has 1 aromatic rings. The van der Waals surface area contributed by atoms with Crippen LogP contribution >= 0.6 is 0 Å². The van der Waals surface area contributed by atoms with Gasteiger partial charge in [-0.3, -0.25) is 4.79 Å². The molecule has 0 saturated heterocycles. The molecule has 0 bridgehead atoms. The third-order valence-electron chi connectivity index (χ3n) is 1.70. The Bertz CT molecular complexity index is 330. The van der Waals surface area contributed by atoms with Crippen LogP contribution in [0.2, 0.25) is 0 Å². The molecule has 0 unspecified atom stereocenters. The molecule has 0 aromatic heterocycles. The molecule has 0 aliphatic heterocycles. The maximum Gasteiger partial charge on any atom is 0.416 e. The maximum absolute atomic E-state index is 12.1. The molecular weight excluding hydrogens is 219 g/mol. The molecule has 5 heteroatoms. The third-order valence-corrected chi connectivity index (χ3v) is 1.70. The Morgan fingerprint density at radius 2 is 1.56 bits per heavy atom. The Balaban J connectivity index is 0.00000106. The molecule has 0 radical (unpaired) electrons. The highest BCUT2D eigenvalue weighted by Crippen LogP contribution is 2.28. The smallest absolute Gasteiger partial charge is 0.355 e. The quantitative estimate of drug-likeness (QED) is 0.793. The van der Waals surface area contributed by atoms with Crippen LogP contribution in [-0.4, -0.2) is 13.0 Å². The topological polar surface area (TPSA) is 29.1 Å². The minimum Gasteiger partial charge on any atom is -0.355 e. The fourth-order valence-corrected chi connectivity index (χ4v) is 0.955. The van der Waals surface area contributed by atoms with Crippen molar-refractivity contribution in [2.45, 2.75) is 20.0 Å². The Kier molecular flexibility index (Phi) is 5.56. The Morgan fingerprint density at radius 1 is 1.12 bits per heavy atom. The van der Waals surface area contributed by atoms with Crippen LogP contribution < -0.4 is 5.32 Å². The molecule has 1 amide bonds. The van der Waals surface area contributed by atoms with E-state index in [4.69, 9.17) is 0 Å². The van der Waals surface area contributed by atoms with Gasteiger partial charge in [-0.25, -0.2) is 0 Å². The molecule has 0 fully saturated rings. The normalized spacial score (nSPS) is 10.1. The first kappa shape index (κ1) is 14.5. The van der Waals surface area contributed by atoms with Crippen molar-refractivity contribution in [3.63, 3.8) is 0 Å². The van der Waals surface area contributed by atoms with Gasteiger partial charge >= 0.3 is 6.18 Å². The lowest BCUT2D eigenvalue weighted by Gasteiger charge is -2.06. The second-order valence-electron chi connectivity index (χ2n) is 2.65. The second-order valence-corrected chi connectivity index (χ2v) is 2.65. The summed E-state index contributed by atoms with van der Waals surface area (Å²) >= 11 is 0. The highest BCUT2D eigenvalue weighted by molar-refractivity contribution is 5.93. The molecular formula is C11H14F3NO. The standard InChI is InChI=1S/C9H8F3NO.C2H6/c1-13-8(14)6-2-4-7(5-3-6)9(10,11)12;1-2/h2-5H,1H3,(H,13,14);1-2H3. The first-order valence-electron chi connectivity index (χ1n) is 4.84. The van der Waals surface area contributed by atoms with Gasteiger partial charge in [0.05, 0.1) is 5.56 Å². The van der Waals surface area contributed by atoms with Crippen molar-refractivity contribution in [3.8, 4) is 0 Å². The average molecular weight is 233 g/mol. The van der Waals surface area contributed by atoms with Gasteiger partial charge in [0.15, 0.2) is 0 Å². The summed E-state index contributed by atoms with van der Waals surface area (Å²) in [6.07, 6.45) is -4.36. The van der Waals surface area contributed by atoms with Crippen LogP contribution in [0.4, 0.5) is 13.2 Å². The van der Waals surface area contributed by atoms with Gasteiger partial charge in [-0.2, -0.15) is 13.2 Å². The minimum atomic E-state index is -4.36. The molecule has 1 aromatic carbocycles. The lowest BCUT2D eigenvalue weighted by molar-refractivity contribution is -0.137. The number of amides is 1. The van der Waals surface area contributed by atoms with Gasteiger partial charge in [-0.1, -0.05) is 13.8 Å². The van der Waals surface area contributed by atoms with Crippen LogP contribution in [0.25, 0.3) is 0 Å². The highest BCUT2D eigenvalue weighted by atomic mass is 19.4. The molecule has 16 heavy (non-hydrogen) atoms. The van der Waals surface area contributed by atoms with Crippen LogP contribution in [0.15, 0.2) is 24.3 Å². The molecule has 0 spiro atoms. The lowest BCUT2D eigenvalue weighted by atomic mass is 10.1. The largest absolute Gasteiger partial charge is 0.416 e. The van der Waals surface area contributed by atoms with Crippen LogP contribution in [0.5, 0.6) is 0 Å². The number of hydrogen-bond donors (Lipinski definition) is 1. The summed E-state index contributed by atoms with van der Waals surface area (Å²) in [5, 5.41) is 2.32. The third kappa shape index (κ3) is 3.92. The summed E-state index contributed by atoms with van der Waals surface area (Å²) in [4.78, 5) is 11.0. The molecule has 0 heterocycles. The van der Waals surface area contributed by atoms with E-state index in [9.17, 15) is 18.0 Å². The number of carbonyl (C=O) groups excluding carboxylic acids is 1. The van der Waals surface area contributed by atoms with E-state index in [0.29, 0.717) is 0 Å². The van der Waals surface area contributed by atoms with Crippen molar-refractivity contribution in [1.29, 1.82) is 0 Å². The van der Waals surface area contributed by atoms with E-state index in [-0.39, 0.29) is 5.56 Å². The molecule has 0 aliphatic rings. The zero-order valence-corrected chi connectivity index (χ0v) is 9.35. The van der Waals surface area contributed by atoms with Crippen LogP contribution in [-0.2, 0) is 6.18 Å². The van der Waals surface area contributed by atoms with Gasteiger partial charge in [0, 0.05) is 12.6 Å². The first-order chi connectivity index (χ1) is 7.45. The predicted molar refractivity (Wildman–Crippen MR) is 56.2 cm³/mol. The summed E-state index contributed by atoms with van der Waals surface area (Å²) in [5.41, 5.74) is -0.550. The van der Waals surface area contributed by atoms with Crippen LogP contribution in [0.3, 0.4) is 0 Å². The molecule has 0 atom stereocenters. The van der Waals surface area contributed by atoms with E-state index >= 15 is 0 Å². The van der Waals surface area contributed by atoms with Crippen molar-refractivity contribution in [3.05, 3.63) is 35.4 Å². The number of alkyl halides is 3. The lowest BCUT2D eigenvalue weighted by Crippen LogP contribution is -2.17. The van der Waals surface area contributed by atoms with Gasteiger partial charge in [0.25, 0.3) is 5.91 Å². The number of benzene rings is 1. The summed E-state index contributed by atoms with van der Waals surface area (Å²) < 4.78 is 36.3. The van der Waals surface area contributed by atoms with Gasteiger partial charge in [-0.05, 0) is 24.3 Å². The van der Waals surface area contributed by atoms with E-state index in [1.807, 2.05) is 13.8 Å². The predicted octanol–water partition coefficient (Wildman–Crippen LogP) is 3.09. The summed E-state index contributed by atoms with van der Waals surface area (Å²) in [7, 11) is 1.42. The van der Waals surface area contributed by atoms with Crippen molar-refractivity contribution in [1.82, 2.24) is 5.32 Å². The Labute approximate surface area is 92.5 Å². The van der Waals surface area contributed by atoms with E-state index < -0.39 is 17.6 Å². The van der Waals surface area contributed by atoms with Crippen LogP contribution in [0, 0.1) is 0 Å². The highest BCUT2D eigenvalue weighted by Gasteiger charge is 2.30. The molecule has 0 aliphatic carbocycles. The SMILES string of the molecule is CC.CNC(=O)c1ccc(C(F)(F)F)cc1. The Morgan fingerprint density at radius 3 is 1.88 bits per heavy atom. The summed E-state index contributed by atoms with van der Waals surface area (Å²) in [6.45, 7) is 4.00. The fourth-order valence-electron chi connectivity index (χ4n) is 0.955. The van der Waals surface area contributed by atoms with Gasteiger partial charge in [0.2, 0.25) is 0 Å². The van der Waals surface area contributed by atoms with Gasteiger partial charge in [0.1, 0.15) is 0 Å². The zero-order chi connectivity index (χ0) is 12.8. The first-order valence-corrected chi connectivity index (χ1v) is 4.84. The van der Waals surface area contributed by atoms with Crippen molar-refractivity contribution >= 4 is 5.91 Å². The van der Waals surface area contributed by atoms with E-state index in [2.05, 4.69) is 5.32 Å². The molecule has 0 saturated carbocycles. The van der Waals surface area contributed by atoms with Crippen molar-refractivity contribution in [2.75, 3.05) is 7.05 Å². The van der Waals surface area contributed by atoms with E-state index in [1.54, 1.807) is 0 Å². The van der Waals surface area contributed by atoms with E-state index in [1.165, 1.54) is 7.05 Å². The summed E-state index contributed by atoms with van der Waals surface area (Å²) in [5.74, 6) is -0.404. The number of halogens is 3. The van der Waals surface area contributed by atoms with Crippen LogP contribution in [0.1, 0.15) is 29.8 Å².